The minimum Gasteiger partial charge on any atom is -0.271 e. The van der Waals surface area contributed by atoms with Crippen LogP contribution >= 0.6 is 11.3 Å². The number of hydrogen-bond donors (Lipinski definition) is 2. The normalized spacial score (nSPS) is 13.6. The van der Waals surface area contributed by atoms with Gasteiger partial charge >= 0.3 is 0 Å². The van der Waals surface area contributed by atoms with Gasteiger partial charge in [0, 0.05) is 0 Å². The van der Waals surface area contributed by atoms with E-state index in [1.165, 1.54) is 16.7 Å². The van der Waals surface area contributed by atoms with E-state index >= 15 is 0 Å². The van der Waals surface area contributed by atoms with Crippen LogP contribution in [-0.2, 0) is 5.41 Å². The van der Waals surface area contributed by atoms with Crippen LogP contribution in [0.25, 0.3) is 0 Å². The first-order valence-electron chi connectivity index (χ1n) is 6.11. The molecule has 0 aliphatic heterocycles. The van der Waals surface area contributed by atoms with Crippen molar-refractivity contribution in [3.8, 4) is 0 Å². The fourth-order valence-electron chi connectivity index (χ4n) is 2.00. The molecule has 2 aromatic rings. The van der Waals surface area contributed by atoms with Gasteiger partial charge in [0.2, 0.25) is 0 Å². The van der Waals surface area contributed by atoms with Crippen LogP contribution in [-0.4, -0.2) is 0 Å². The highest BCUT2D eigenvalue weighted by Gasteiger charge is 2.16. The lowest BCUT2D eigenvalue weighted by Crippen LogP contribution is -2.28. The molecule has 2 nitrogen and oxygen atoms in total. The molecule has 0 fully saturated rings. The van der Waals surface area contributed by atoms with E-state index in [-0.39, 0.29) is 11.5 Å². The van der Waals surface area contributed by atoms with Crippen molar-refractivity contribution in [1.82, 2.24) is 5.43 Å². The van der Waals surface area contributed by atoms with Crippen molar-refractivity contribution in [1.29, 1.82) is 0 Å². The molecule has 0 aliphatic carbocycles. The molecule has 1 unspecified atom stereocenters. The minimum atomic E-state index is 0.0743. The summed E-state index contributed by atoms with van der Waals surface area (Å²) in [7, 11) is 0. The largest absolute Gasteiger partial charge is 0.271 e. The van der Waals surface area contributed by atoms with E-state index in [4.69, 9.17) is 5.84 Å². The molecule has 18 heavy (non-hydrogen) atoms. The van der Waals surface area contributed by atoms with Gasteiger partial charge in [-0.25, -0.2) is 5.43 Å². The Hall–Kier alpha value is -1.16. The summed E-state index contributed by atoms with van der Waals surface area (Å²) in [6.45, 7) is 6.67. The molecule has 0 radical (unpaired) electrons. The van der Waals surface area contributed by atoms with Crippen LogP contribution in [0.2, 0.25) is 0 Å². The SMILES string of the molecule is CC(C)(C)c1ccc(C(NN)c2ccsc2)cc1. The predicted molar refractivity (Wildman–Crippen MR) is 78.6 cm³/mol. The van der Waals surface area contributed by atoms with Gasteiger partial charge in [0.1, 0.15) is 0 Å². The third kappa shape index (κ3) is 2.80. The van der Waals surface area contributed by atoms with Gasteiger partial charge < -0.3 is 0 Å². The van der Waals surface area contributed by atoms with Crippen LogP contribution in [0, 0.1) is 0 Å². The molecule has 1 atom stereocenters. The smallest absolute Gasteiger partial charge is 0.0718 e. The van der Waals surface area contributed by atoms with Crippen LogP contribution in [0.15, 0.2) is 41.1 Å². The fraction of sp³-hybridized carbons (Fsp3) is 0.333. The fourth-order valence-corrected chi connectivity index (χ4v) is 2.69. The lowest BCUT2D eigenvalue weighted by atomic mass is 9.86. The molecule has 1 aromatic heterocycles. The summed E-state index contributed by atoms with van der Waals surface area (Å²) in [5.41, 5.74) is 6.82. The lowest BCUT2D eigenvalue weighted by Gasteiger charge is -2.21. The van der Waals surface area contributed by atoms with Gasteiger partial charge in [-0.2, -0.15) is 11.3 Å². The van der Waals surface area contributed by atoms with Crippen LogP contribution in [0.3, 0.4) is 0 Å². The number of nitrogens with one attached hydrogen (secondary N) is 1. The van der Waals surface area contributed by atoms with E-state index in [1.54, 1.807) is 11.3 Å². The van der Waals surface area contributed by atoms with Gasteiger partial charge in [0.25, 0.3) is 0 Å². The molecule has 2 rings (SSSR count). The molecule has 0 aliphatic rings. The molecule has 0 amide bonds. The van der Waals surface area contributed by atoms with Gasteiger partial charge in [-0.1, -0.05) is 45.0 Å². The first-order chi connectivity index (χ1) is 8.52. The Morgan fingerprint density at radius 2 is 1.72 bits per heavy atom. The number of rotatable bonds is 3. The molecule has 0 saturated heterocycles. The molecule has 0 saturated carbocycles. The van der Waals surface area contributed by atoms with Gasteiger partial charge in [0.15, 0.2) is 0 Å². The van der Waals surface area contributed by atoms with Crippen molar-refractivity contribution in [2.45, 2.75) is 32.2 Å². The van der Waals surface area contributed by atoms with Crippen molar-refractivity contribution in [2.75, 3.05) is 0 Å². The molecular weight excluding hydrogens is 240 g/mol. The van der Waals surface area contributed by atoms with Gasteiger partial charge in [-0.15, -0.1) is 0 Å². The molecule has 1 heterocycles. The van der Waals surface area contributed by atoms with Gasteiger partial charge in [-0.05, 0) is 38.9 Å². The second kappa shape index (κ2) is 5.22. The Kier molecular flexibility index (Phi) is 3.85. The van der Waals surface area contributed by atoms with Crippen LogP contribution in [0.4, 0.5) is 0 Å². The molecule has 3 N–H and O–H groups in total. The number of benzene rings is 1. The summed E-state index contributed by atoms with van der Waals surface area (Å²) in [5, 5.41) is 4.20. The number of thiophene rings is 1. The first-order valence-corrected chi connectivity index (χ1v) is 7.05. The third-order valence-corrected chi connectivity index (χ3v) is 3.85. The average molecular weight is 260 g/mol. The van der Waals surface area contributed by atoms with Gasteiger partial charge in [0.05, 0.1) is 6.04 Å². The second-order valence-electron chi connectivity index (χ2n) is 5.53. The Morgan fingerprint density at radius 3 is 2.17 bits per heavy atom. The zero-order valence-electron chi connectivity index (χ0n) is 11.1. The molecule has 3 heteroatoms. The van der Waals surface area contributed by atoms with E-state index < -0.39 is 0 Å². The van der Waals surface area contributed by atoms with E-state index in [0.29, 0.717) is 0 Å². The number of hydrazine groups is 1. The predicted octanol–water partition coefficient (Wildman–Crippen LogP) is 3.60. The van der Waals surface area contributed by atoms with E-state index in [9.17, 15) is 0 Å². The molecular formula is C15H20N2S. The second-order valence-corrected chi connectivity index (χ2v) is 6.31. The maximum atomic E-state index is 5.67. The lowest BCUT2D eigenvalue weighted by molar-refractivity contribution is 0.588. The first kappa shape index (κ1) is 13.3. The Bertz CT molecular complexity index is 480. The summed E-state index contributed by atoms with van der Waals surface area (Å²) < 4.78 is 0. The molecule has 0 bridgehead atoms. The quantitative estimate of drug-likeness (QED) is 0.653. The average Bonchev–Trinajstić information content (AvgIpc) is 2.83. The maximum Gasteiger partial charge on any atom is 0.0718 e. The topological polar surface area (TPSA) is 38.0 Å². The van der Waals surface area contributed by atoms with E-state index in [1.807, 2.05) is 0 Å². The number of nitrogens with two attached hydrogens (primary N) is 1. The zero-order chi connectivity index (χ0) is 13.2. The van der Waals surface area contributed by atoms with Gasteiger partial charge in [-0.3, -0.25) is 5.84 Å². The monoisotopic (exact) mass is 260 g/mol. The van der Waals surface area contributed by atoms with Crippen LogP contribution in [0.5, 0.6) is 0 Å². The van der Waals surface area contributed by atoms with Crippen LogP contribution < -0.4 is 11.3 Å². The Morgan fingerprint density at radius 1 is 1.06 bits per heavy atom. The van der Waals surface area contributed by atoms with E-state index in [0.717, 1.165) is 0 Å². The summed E-state index contributed by atoms with van der Waals surface area (Å²) in [6, 6.07) is 10.9. The Labute approximate surface area is 113 Å². The zero-order valence-corrected chi connectivity index (χ0v) is 11.9. The van der Waals surface area contributed by atoms with Crippen molar-refractivity contribution in [3.05, 3.63) is 57.8 Å². The standard InChI is InChI=1S/C15H20N2S/c1-15(2,3)13-6-4-11(5-7-13)14(17-16)12-8-9-18-10-12/h4-10,14,17H,16H2,1-3H3. The minimum absolute atomic E-state index is 0.0743. The van der Waals surface area contributed by atoms with Crippen molar-refractivity contribution >= 4 is 11.3 Å². The summed E-state index contributed by atoms with van der Waals surface area (Å²) >= 11 is 1.69. The van der Waals surface area contributed by atoms with Crippen molar-refractivity contribution in [3.63, 3.8) is 0 Å². The summed E-state index contributed by atoms with van der Waals surface area (Å²) in [5.74, 6) is 5.67. The highest BCUT2D eigenvalue weighted by molar-refractivity contribution is 7.08. The Balaban J connectivity index is 2.28. The number of hydrogen-bond acceptors (Lipinski definition) is 3. The molecule has 1 aromatic carbocycles. The summed E-state index contributed by atoms with van der Waals surface area (Å²) in [6.07, 6.45) is 0. The molecule has 0 spiro atoms. The third-order valence-electron chi connectivity index (χ3n) is 3.15. The van der Waals surface area contributed by atoms with E-state index in [2.05, 4.69) is 67.3 Å². The van der Waals surface area contributed by atoms with Crippen molar-refractivity contribution < 1.29 is 0 Å². The molecule has 96 valence electrons. The van der Waals surface area contributed by atoms with Crippen LogP contribution in [0.1, 0.15) is 43.5 Å². The summed E-state index contributed by atoms with van der Waals surface area (Å²) in [4.78, 5) is 0. The van der Waals surface area contributed by atoms with Crippen molar-refractivity contribution in [2.24, 2.45) is 5.84 Å². The highest BCUT2D eigenvalue weighted by atomic mass is 32.1. The maximum absolute atomic E-state index is 5.67. The highest BCUT2D eigenvalue weighted by Crippen LogP contribution is 2.27.